The Morgan fingerprint density at radius 3 is 2.73 bits per heavy atom. The zero-order valence-electron chi connectivity index (χ0n) is 15.5. The van der Waals surface area contributed by atoms with Crippen molar-refractivity contribution in [1.82, 2.24) is 20.9 Å². The summed E-state index contributed by atoms with van der Waals surface area (Å²) in [5.41, 5.74) is 1.61. The maximum absolute atomic E-state index is 12.4. The van der Waals surface area contributed by atoms with E-state index in [0.29, 0.717) is 37.8 Å². The molecule has 0 bridgehead atoms. The van der Waals surface area contributed by atoms with E-state index in [4.69, 9.17) is 4.74 Å². The summed E-state index contributed by atoms with van der Waals surface area (Å²) >= 11 is 0. The number of hydrogen-bond donors (Lipinski definition) is 3. The van der Waals surface area contributed by atoms with Gasteiger partial charge in [-0.3, -0.25) is 14.6 Å². The molecule has 8 heteroatoms. The second-order valence-corrected chi connectivity index (χ2v) is 6.20. The van der Waals surface area contributed by atoms with E-state index in [1.54, 1.807) is 31.2 Å². The first-order valence-corrected chi connectivity index (χ1v) is 8.64. The molecule has 1 aromatic rings. The van der Waals surface area contributed by atoms with Crippen LogP contribution in [0.25, 0.3) is 0 Å². The zero-order chi connectivity index (χ0) is 18.9. The lowest BCUT2D eigenvalue weighted by atomic mass is 10.1. The minimum absolute atomic E-state index is 0.115. The van der Waals surface area contributed by atoms with Crippen LogP contribution in [-0.4, -0.2) is 69.1 Å². The van der Waals surface area contributed by atoms with Crippen LogP contribution >= 0.6 is 0 Å². The fourth-order valence-electron chi connectivity index (χ4n) is 2.67. The van der Waals surface area contributed by atoms with E-state index in [0.717, 1.165) is 5.56 Å². The number of amides is 2. The van der Waals surface area contributed by atoms with Gasteiger partial charge in [-0.2, -0.15) is 0 Å². The molecule has 1 unspecified atom stereocenters. The Labute approximate surface area is 154 Å². The predicted molar refractivity (Wildman–Crippen MR) is 100 cm³/mol. The van der Waals surface area contributed by atoms with Crippen molar-refractivity contribution >= 4 is 17.8 Å². The maximum atomic E-state index is 12.4. The maximum Gasteiger partial charge on any atom is 0.254 e. The van der Waals surface area contributed by atoms with Gasteiger partial charge in [-0.15, -0.1) is 0 Å². The van der Waals surface area contributed by atoms with Crippen molar-refractivity contribution in [3.63, 3.8) is 0 Å². The number of guanidine groups is 1. The minimum Gasteiger partial charge on any atom is -0.383 e. The van der Waals surface area contributed by atoms with Gasteiger partial charge < -0.3 is 25.6 Å². The van der Waals surface area contributed by atoms with Gasteiger partial charge in [0.05, 0.1) is 13.2 Å². The Hall–Kier alpha value is -2.61. The number of nitrogens with one attached hydrogen (secondary N) is 3. The van der Waals surface area contributed by atoms with Crippen LogP contribution in [0.2, 0.25) is 0 Å². The molecule has 142 valence electrons. The molecular weight excluding hydrogens is 334 g/mol. The van der Waals surface area contributed by atoms with Crippen LogP contribution in [-0.2, 0) is 16.1 Å². The van der Waals surface area contributed by atoms with Crippen LogP contribution in [0.15, 0.2) is 29.3 Å². The van der Waals surface area contributed by atoms with E-state index < -0.39 is 0 Å². The number of hydrogen-bond acceptors (Lipinski definition) is 4. The molecule has 2 amide bonds. The highest BCUT2D eigenvalue weighted by Crippen LogP contribution is 2.09. The van der Waals surface area contributed by atoms with Crippen molar-refractivity contribution in [3.8, 4) is 0 Å². The lowest BCUT2D eigenvalue weighted by Crippen LogP contribution is -2.49. The fourth-order valence-corrected chi connectivity index (χ4v) is 2.67. The zero-order valence-corrected chi connectivity index (χ0v) is 15.5. The molecule has 3 N–H and O–H groups in total. The van der Waals surface area contributed by atoms with Gasteiger partial charge in [-0.1, -0.05) is 12.1 Å². The number of nitrogens with zero attached hydrogens (tertiary/aromatic N) is 2. The summed E-state index contributed by atoms with van der Waals surface area (Å²) in [6, 6.07) is 7.52. The van der Waals surface area contributed by atoms with Crippen molar-refractivity contribution in [1.29, 1.82) is 0 Å². The van der Waals surface area contributed by atoms with Crippen LogP contribution in [0, 0.1) is 0 Å². The standard InChI is InChI=1S/C18H27N5O3/c1-13(12-26-3)22-18(19-2)21-10-14-4-6-15(7-5-14)17(25)23-9-8-20-16(24)11-23/h4-7,13H,8-12H2,1-3H3,(H,20,24)(H2,19,21,22). The smallest absolute Gasteiger partial charge is 0.254 e. The Morgan fingerprint density at radius 2 is 2.12 bits per heavy atom. The van der Waals surface area contributed by atoms with Gasteiger partial charge >= 0.3 is 0 Å². The summed E-state index contributed by atoms with van der Waals surface area (Å²) < 4.78 is 5.10. The Balaban J connectivity index is 1.88. The number of carbonyl (C=O) groups is 2. The predicted octanol–water partition coefficient (Wildman–Crippen LogP) is -0.0415. The molecule has 0 aliphatic carbocycles. The summed E-state index contributed by atoms with van der Waals surface area (Å²) in [7, 11) is 3.37. The molecule has 0 saturated carbocycles. The molecule has 8 nitrogen and oxygen atoms in total. The number of aliphatic imine (C=N–C) groups is 1. The Morgan fingerprint density at radius 1 is 1.38 bits per heavy atom. The highest BCUT2D eigenvalue weighted by Gasteiger charge is 2.22. The first-order chi connectivity index (χ1) is 12.5. The lowest BCUT2D eigenvalue weighted by Gasteiger charge is -2.26. The fraction of sp³-hybridized carbons (Fsp3) is 0.500. The highest BCUT2D eigenvalue weighted by atomic mass is 16.5. The van der Waals surface area contributed by atoms with E-state index in [1.165, 1.54) is 0 Å². The van der Waals surface area contributed by atoms with E-state index in [2.05, 4.69) is 20.9 Å². The minimum atomic E-state index is -0.120. The third-order valence-corrected chi connectivity index (χ3v) is 4.01. The Bertz CT molecular complexity index is 645. The molecule has 1 aromatic carbocycles. The van der Waals surface area contributed by atoms with Gasteiger partial charge in [-0.25, -0.2) is 0 Å². The first-order valence-electron chi connectivity index (χ1n) is 8.64. The van der Waals surface area contributed by atoms with Gasteiger partial charge in [0.15, 0.2) is 5.96 Å². The molecule has 0 radical (unpaired) electrons. The molecule has 1 atom stereocenters. The van der Waals surface area contributed by atoms with E-state index in [1.807, 2.05) is 19.1 Å². The van der Waals surface area contributed by atoms with E-state index in [-0.39, 0.29) is 24.4 Å². The molecule has 1 saturated heterocycles. The molecule has 1 aliphatic rings. The van der Waals surface area contributed by atoms with Crippen LogP contribution in [0.4, 0.5) is 0 Å². The SMILES string of the molecule is CN=C(NCc1ccc(C(=O)N2CCNC(=O)C2)cc1)NC(C)COC. The van der Waals surface area contributed by atoms with Crippen molar-refractivity contribution < 1.29 is 14.3 Å². The van der Waals surface area contributed by atoms with Crippen molar-refractivity contribution in [2.24, 2.45) is 4.99 Å². The highest BCUT2D eigenvalue weighted by molar-refractivity contribution is 5.97. The first kappa shape index (κ1) is 19.7. The summed E-state index contributed by atoms with van der Waals surface area (Å²) in [6.07, 6.45) is 0. The third kappa shape index (κ3) is 5.73. The largest absolute Gasteiger partial charge is 0.383 e. The quantitative estimate of drug-likeness (QED) is 0.488. The number of carbonyl (C=O) groups excluding carboxylic acids is 2. The number of ether oxygens (including phenoxy) is 1. The number of methoxy groups -OCH3 is 1. The van der Waals surface area contributed by atoms with Crippen LogP contribution in [0.5, 0.6) is 0 Å². The van der Waals surface area contributed by atoms with Gasteiger partial charge in [0.1, 0.15) is 0 Å². The second kappa shape index (κ2) is 9.76. The molecule has 26 heavy (non-hydrogen) atoms. The van der Waals surface area contributed by atoms with Crippen LogP contribution in [0.3, 0.4) is 0 Å². The van der Waals surface area contributed by atoms with Gasteiger partial charge in [0.2, 0.25) is 5.91 Å². The summed E-state index contributed by atoms with van der Waals surface area (Å²) in [4.78, 5) is 29.6. The van der Waals surface area contributed by atoms with Gasteiger partial charge in [0, 0.05) is 45.4 Å². The molecule has 0 aromatic heterocycles. The van der Waals surface area contributed by atoms with Crippen molar-refractivity contribution in [2.75, 3.05) is 40.4 Å². The number of benzene rings is 1. The molecule has 1 fully saturated rings. The average Bonchev–Trinajstić information content (AvgIpc) is 2.65. The second-order valence-electron chi connectivity index (χ2n) is 6.20. The Kier molecular flexibility index (Phi) is 7.40. The van der Waals surface area contributed by atoms with Crippen molar-refractivity contribution in [2.45, 2.75) is 19.5 Å². The topological polar surface area (TPSA) is 95.1 Å². The molecule has 1 aliphatic heterocycles. The lowest BCUT2D eigenvalue weighted by molar-refractivity contribution is -0.123. The summed E-state index contributed by atoms with van der Waals surface area (Å²) in [5.74, 6) is 0.450. The van der Waals surface area contributed by atoms with E-state index >= 15 is 0 Å². The molecular formula is C18H27N5O3. The molecule has 1 heterocycles. The van der Waals surface area contributed by atoms with E-state index in [9.17, 15) is 9.59 Å². The number of rotatable bonds is 6. The summed E-state index contributed by atoms with van der Waals surface area (Å²) in [5, 5.41) is 9.17. The van der Waals surface area contributed by atoms with Crippen molar-refractivity contribution in [3.05, 3.63) is 35.4 Å². The monoisotopic (exact) mass is 361 g/mol. The molecule has 0 spiro atoms. The normalized spacial score (nSPS) is 16.0. The van der Waals surface area contributed by atoms with Gasteiger partial charge in [0.25, 0.3) is 5.91 Å². The van der Waals surface area contributed by atoms with Crippen LogP contribution < -0.4 is 16.0 Å². The number of piperazine rings is 1. The third-order valence-electron chi connectivity index (χ3n) is 4.01. The van der Waals surface area contributed by atoms with Crippen LogP contribution in [0.1, 0.15) is 22.8 Å². The molecule has 2 rings (SSSR count). The average molecular weight is 361 g/mol. The van der Waals surface area contributed by atoms with Gasteiger partial charge in [-0.05, 0) is 24.6 Å². The summed E-state index contributed by atoms with van der Waals surface area (Å²) in [6.45, 7) is 4.34.